The molecule has 2 heterocycles. The number of ketones is 1. The number of amides is 1. The number of anilines is 2. The van der Waals surface area contributed by atoms with Gasteiger partial charge in [-0.25, -0.2) is 0 Å². The third kappa shape index (κ3) is 5.57. The molecule has 11 heteroatoms. The lowest BCUT2D eigenvalue weighted by Gasteiger charge is -2.38. The third-order valence-corrected chi connectivity index (χ3v) is 8.97. The fourth-order valence-corrected chi connectivity index (χ4v) is 6.60. The van der Waals surface area contributed by atoms with Gasteiger partial charge in [0.25, 0.3) is 0 Å². The van der Waals surface area contributed by atoms with Crippen molar-refractivity contribution in [3.63, 3.8) is 0 Å². The van der Waals surface area contributed by atoms with Crippen LogP contribution in [0.25, 0.3) is 0 Å². The number of nitrogens with two attached hydrogens (primary N) is 1. The molecule has 0 radical (unpaired) electrons. The molecule has 1 aromatic heterocycles. The summed E-state index contributed by atoms with van der Waals surface area (Å²) in [6.07, 6.45) is 2.63. The first-order chi connectivity index (χ1) is 18.9. The van der Waals surface area contributed by atoms with E-state index in [1.165, 1.54) is 28.7 Å². The van der Waals surface area contributed by atoms with E-state index in [0.29, 0.717) is 39.3 Å². The van der Waals surface area contributed by atoms with E-state index < -0.39 is 5.92 Å². The molecule has 0 saturated heterocycles. The zero-order valence-corrected chi connectivity index (χ0v) is 23.5. The second-order valence-electron chi connectivity index (χ2n) is 9.11. The molecular weight excluding hydrogens is 552 g/mol. The van der Waals surface area contributed by atoms with Crippen molar-refractivity contribution in [2.75, 3.05) is 16.0 Å². The minimum atomic E-state index is -0.567. The van der Waals surface area contributed by atoms with Crippen LogP contribution < -0.4 is 16.0 Å². The van der Waals surface area contributed by atoms with E-state index in [9.17, 15) is 14.9 Å². The van der Waals surface area contributed by atoms with E-state index >= 15 is 0 Å². The molecule has 0 bridgehead atoms. The van der Waals surface area contributed by atoms with Gasteiger partial charge in [-0.1, -0.05) is 65.9 Å². The van der Waals surface area contributed by atoms with Gasteiger partial charge in [0.05, 0.1) is 23.3 Å². The van der Waals surface area contributed by atoms with Crippen molar-refractivity contribution >= 4 is 57.2 Å². The number of halogens is 1. The van der Waals surface area contributed by atoms with Gasteiger partial charge in [-0.2, -0.15) is 5.26 Å². The van der Waals surface area contributed by atoms with Gasteiger partial charge in [0.2, 0.25) is 11.0 Å². The predicted octanol–water partition coefficient (Wildman–Crippen LogP) is 5.79. The highest BCUT2D eigenvalue weighted by atomic mass is 35.5. The minimum Gasteiger partial charge on any atom is -0.384 e. The second-order valence-corrected chi connectivity index (χ2v) is 11.7. The number of aromatic nitrogens is 2. The van der Waals surface area contributed by atoms with Crippen LogP contribution in [0.15, 0.2) is 75.5 Å². The Kier molecular flexibility index (Phi) is 8.02. The van der Waals surface area contributed by atoms with E-state index in [-0.39, 0.29) is 28.8 Å². The number of nitriles is 1. The molecule has 2 aromatic carbocycles. The molecule has 1 aliphatic heterocycles. The van der Waals surface area contributed by atoms with Crippen molar-refractivity contribution in [3.8, 4) is 6.07 Å². The number of hydrogen-bond acceptors (Lipinski definition) is 9. The number of rotatable bonds is 7. The summed E-state index contributed by atoms with van der Waals surface area (Å²) in [6.45, 7) is 2.08. The van der Waals surface area contributed by atoms with Crippen molar-refractivity contribution in [1.29, 1.82) is 5.26 Å². The number of carbonyl (C=O) groups is 2. The number of nitrogens with one attached hydrogen (secondary N) is 1. The Morgan fingerprint density at radius 3 is 2.64 bits per heavy atom. The SMILES string of the molecule is CCc1ccc(NC(=O)CSc2nnc(N3C(N)=C(C#N)C(c4ccc(Cl)cc4)C4=C3CCCC4=O)s2)cc1. The van der Waals surface area contributed by atoms with Gasteiger partial charge in [0, 0.05) is 28.4 Å². The van der Waals surface area contributed by atoms with Crippen molar-refractivity contribution < 1.29 is 9.59 Å². The number of Topliss-reactive ketones (excluding diaryl/α,β-unsaturated/α-hetero) is 1. The summed E-state index contributed by atoms with van der Waals surface area (Å²) in [5.74, 6) is -0.345. The minimum absolute atomic E-state index is 0.01000. The summed E-state index contributed by atoms with van der Waals surface area (Å²) in [4.78, 5) is 27.4. The summed E-state index contributed by atoms with van der Waals surface area (Å²) >= 11 is 8.62. The van der Waals surface area contributed by atoms with E-state index in [1.54, 1.807) is 17.0 Å². The van der Waals surface area contributed by atoms with Crippen LogP contribution in [0, 0.1) is 11.3 Å². The molecule has 1 unspecified atom stereocenters. The average molecular weight is 577 g/mol. The number of benzene rings is 2. The predicted molar refractivity (Wildman–Crippen MR) is 154 cm³/mol. The average Bonchev–Trinajstić information content (AvgIpc) is 3.41. The van der Waals surface area contributed by atoms with Crippen LogP contribution in [0.3, 0.4) is 0 Å². The lowest BCUT2D eigenvalue weighted by atomic mass is 9.76. The lowest BCUT2D eigenvalue weighted by Crippen LogP contribution is -2.38. The van der Waals surface area contributed by atoms with Gasteiger partial charge >= 0.3 is 0 Å². The van der Waals surface area contributed by atoms with Gasteiger partial charge in [-0.3, -0.25) is 14.5 Å². The molecule has 5 rings (SSSR count). The van der Waals surface area contributed by atoms with Gasteiger partial charge in [-0.05, 0) is 54.7 Å². The maximum absolute atomic E-state index is 13.2. The van der Waals surface area contributed by atoms with Crippen molar-refractivity contribution in [2.24, 2.45) is 5.73 Å². The Labute approximate surface area is 239 Å². The monoisotopic (exact) mass is 576 g/mol. The second kappa shape index (κ2) is 11.6. The molecule has 1 atom stereocenters. The molecule has 1 aliphatic carbocycles. The van der Waals surface area contributed by atoms with Crippen LogP contribution in [0.2, 0.25) is 5.02 Å². The number of carbonyl (C=O) groups excluding carboxylic acids is 2. The topological polar surface area (TPSA) is 125 Å². The van der Waals surface area contributed by atoms with Gasteiger partial charge < -0.3 is 11.1 Å². The molecule has 1 amide bonds. The maximum atomic E-state index is 13.2. The van der Waals surface area contributed by atoms with Gasteiger partial charge in [-0.15, -0.1) is 10.2 Å². The molecule has 8 nitrogen and oxygen atoms in total. The Morgan fingerprint density at radius 1 is 1.21 bits per heavy atom. The molecular formula is C28H25ClN6O2S2. The Morgan fingerprint density at radius 2 is 1.95 bits per heavy atom. The Balaban J connectivity index is 1.39. The molecule has 0 saturated carbocycles. The number of allylic oxidation sites excluding steroid dienone is 3. The fraction of sp³-hybridized carbons (Fsp3) is 0.250. The van der Waals surface area contributed by atoms with E-state index in [2.05, 4.69) is 28.5 Å². The normalized spacial score (nSPS) is 17.2. The molecule has 3 aromatic rings. The summed E-state index contributed by atoms with van der Waals surface area (Å²) < 4.78 is 0.580. The maximum Gasteiger partial charge on any atom is 0.234 e. The Hall–Kier alpha value is -3.65. The number of thioether (sulfide) groups is 1. The summed E-state index contributed by atoms with van der Waals surface area (Å²) in [5, 5.41) is 22.6. The van der Waals surface area contributed by atoms with Gasteiger partial charge in [0.1, 0.15) is 5.82 Å². The largest absolute Gasteiger partial charge is 0.384 e. The van der Waals surface area contributed by atoms with Crippen LogP contribution in [0.1, 0.15) is 43.2 Å². The highest BCUT2D eigenvalue weighted by Gasteiger charge is 2.41. The molecule has 0 fully saturated rings. The van der Waals surface area contributed by atoms with Crippen LogP contribution in [0.4, 0.5) is 10.8 Å². The number of aryl methyl sites for hydroxylation is 1. The van der Waals surface area contributed by atoms with Crippen molar-refractivity contribution in [3.05, 3.63) is 87.3 Å². The lowest BCUT2D eigenvalue weighted by molar-refractivity contribution is -0.116. The highest BCUT2D eigenvalue weighted by molar-refractivity contribution is 8.01. The molecule has 3 N–H and O–H groups in total. The van der Waals surface area contributed by atoms with Crippen LogP contribution >= 0.6 is 34.7 Å². The third-order valence-electron chi connectivity index (χ3n) is 6.68. The quantitative estimate of drug-likeness (QED) is 0.339. The highest BCUT2D eigenvalue weighted by Crippen LogP contribution is 2.47. The molecule has 39 heavy (non-hydrogen) atoms. The van der Waals surface area contributed by atoms with E-state index in [1.807, 2.05) is 36.4 Å². The molecule has 2 aliphatic rings. The van der Waals surface area contributed by atoms with Gasteiger partial charge in [0.15, 0.2) is 10.1 Å². The first-order valence-electron chi connectivity index (χ1n) is 12.5. The van der Waals surface area contributed by atoms with Crippen LogP contribution in [0.5, 0.6) is 0 Å². The summed E-state index contributed by atoms with van der Waals surface area (Å²) in [6, 6.07) is 17.1. The zero-order valence-electron chi connectivity index (χ0n) is 21.1. The number of hydrogen-bond donors (Lipinski definition) is 2. The zero-order chi connectivity index (χ0) is 27.5. The van der Waals surface area contributed by atoms with Crippen LogP contribution in [-0.4, -0.2) is 27.6 Å². The molecule has 198 valence electrons. The summed E-state index contributed by atoms with van der Waals surface area (Å²) in [7, 11) is 0. The van der Waals surface area contributed by atoms with E-state index in [4.69, 9.17) is 17.3 Å². The van der Waals surface area contributed by atoms with Crippen LogP contribution in [-0.2, 0) is 16.0 Å². The summed E-state index contributed by atoms with van der Waals surface area (Å²) in [5.41, 5.74) is 10.9. The van der Waals surface area contributed by atoms with E-state index in [0.717, 1.165) is 23.4 Å². The smallest absolute Gasteiger partial charge is 0.234 e. The first-order valence-corrected chi connectivity index (χ1v) is 14.6. The first kappa shape index (κ1) is 26.9. The molecule has 0 spiro atoms. The van der Waals surface area contributed by atoms with Crippen molar-refractivity contribution in [2.45, 2.75) is 42.9 Å². The fourth-order valence-electron chi connectivity index (χ4n) is 4.79. The standard InChI is InChI=1S/C28H25ClN6O2S2/c1-2-16-6-12-19(13-7-16)32-23(37)15-38-28-34-33-27(39-28)35-21-4-3-5-22(36)25(21)24(20(14-30)26(35)31)17-8-10-18(29)11-9-17/h6-13,24H,2-5,15,31H2,1H3,(H,32,37). The number of nitrogens with zero attached hydrogens (tertiary/aromatic N) is 4. The van der Waals surface area contributed by atoms with Crippen molar-refractivity contribution in [1.82, 2.24) is 10.2 Å². The Bertz CT molecular complexity index is 1520.